The van der Waals surface area contributed by atoms with Crippen molar-refractivity contribution in [1.82, 2.24) is 0 Å². The molecule has 1 aliphatic rings. The maximum atomic E-state index is 2.44. The highest BCUT2D eigenvalue weighted by Crippen LogP contribution is 2.55. The van der Waals surface area contributed by atoms with Gasteiger partial charge in [0.15, 0.2) is 0 Å². The van der Waals surface area contributed by atoms with Crippen molar-refractivity contribution in [2.45, 2.75) is 19.3 Å². The van der Waals surface area contributed by atoms with E-state index in [1.54, 1.807) is 0 Å². The van der Waals surface area contributed by atoms with Gasteiger partial charge in [0.25, 0.3) is 0 Å². The Morgan fingerprint density at radius 3 is 1.85 bits per heavy atom. The molecule has 1 heterocycles. The van der Waals surface area contributed by atoms with Crippen LogP contribution in [0.25, 0.3) is 75.1 Å². The Kier molecular flexibility index (Phi) is 7.14. The number of nitrogens with zero attached hydrogens (tertiary/aromatic N) is 1. The van der Waals surface area contributed by atoms with E-state index in [-0.39, 0.29) is 5.41 Å². The molecule has 10 aromatic rings. The van der Waals surface area contributed by atoms with Gasteiger partial charge in [0.1, 0.15) is 0 Å². The number of thiophene rings is 1. The number of hydrogen-bond acceptors (Lipinski definition) is 2. The van der Waals surface area contributed by atoms with Crippen molar-refractivity contribution in [1.29, 1.82) is 0 Å². The monoisotopic (exact) mass is 719 g/mol. The predicted octanol–water partition coefficient (Wildman–Crippen LogP) is 15.5. The summed E-state index contributed by atoms with van der Waals surface area (Å²) in [7, 11) is 0. The van der Waals surface area contributed by atoms with Crippen molar-refractivity contribution in [3.8, 4) is 33.4 Å². The maximum Gasteiger partial charge on any atom is 0.0640 e. The van der Waals surface area contributed by atoms with Crippen LogP contribution in [0.2, 0.25) is 0 Å². The molecule has 0 spiro atoms. The van der Waals surface area contributed by atoms with E-state index in [9.17, 15) is 0 Å². The predicted molar refractivity (Wildman–Crippen MR) is 237 cm³/mol. The number of hydrogen-bond donors (Lipinski definition) is 0. The van der Waals surface area contributed by atoms with Crippen molar-refractivity contribution >= 4 is 70.1 Å². The minimum Gasteiger partial charge on any atom is -0.309 e. The second kappa shape index (κ2) is 12.3. The van der Waals surface area contributed by atoms with Crippen LogP contribution in [0, 0.1) is 0 Å². The van der Waals surface area contributed by atoms with Gasteiger partial charge in [-0.2, -0.15) is 0 Å². The summed E-state index contributed by atoms with van der Waals surface area (Å²) in [6, 6.07) is 69.5. The van der Waals surface area contributed by atoms with Crippen molar-refractivity contribution in [3.05, 3.63) is 199 Å². The van der Waals surface area contributed by atoms with Gasteiger partial charge in [-0.25, -0.2) is 0 Å². The molecule has 0 aliphatic heterocycles. The number of fused-ring (bicyclic) bond motifs is 9. The SMILES string of the molecule is CC1(C)c2ccccc2-c2c(-c3ccc(N(c4ccc(-c5ccc6ccccc6c5)cc4)c4cccc5c4sc4ccccc45)cc3)cc3ccccc3c21. The number of benzene rings is 9. The molecular weight excluding hydrogens is 683 g/mol. The average molecular weight is 720 g/mol. The molecule has 0 radical (unpaired) electrons. The van der Waals surface area contributed by atoms with Crippen LogP contribution < -0.4 is 4.90 Å². The van der Waals surface area contributed by atoms with E-state index in [1.165, 1.54) is 91.9 Å². The normalized spacial score (nSPS) is 13.1. The molecule has 0 unspecified atom stereocenters. The molecule has 0 atom stereocenters. The summed E-state index contributed by atoms with van der Waals surface area (Å²) in [5, 5.41) is 7.74. The first kappa shape index (κ1) is 32.0. The Balaban J connectivity index is 1.07. The lowest BCUT2D eigenvalue weighted by molar-refractivity contribution is 0.666. The first-order chi connectivity index (χ1) is 27.0. The summed E-state index contributed by atoms with van der Waals surface area (Å²) in [5.74, 6) is 0. The average Bonchev–Trinajstić information content (AvgIpc) is 3.74. The van der Waals surface area contributed by atoms with Crippen molar-refractivity contribution in [3.63, 3.8) is 0 Å². The van der Waals surface area contributed by atoms with Gasteiger partial charge in [0, 0.05) is 32.3 Å². The lowest BCUT2D eigenvalue weighted by Crippen LogP contribution is -2.15. The van der Waals surface area contributed by atoms with E-state index in [0.717, 1.165) is 11.4 Å². The smallest absolute Gasteiger partial charge is 0.0640 e. The van der Waals surface area contributed by atoms with Crippen LogP contribution >= 0.6 is 11.3 Å². The van der Waals surface area contributed by atoms with Crippen LogP contribution in [0.1, 0.15) is 25.0 Å². The fourth-order valence-electron chi connectivity index (χ4n) is 9.18. The van der Waals surface area contributed by atoms with Gasteiger partial charge in [-0.05, 0) is 115 Å². The standard InChI is InChI=1S/C53H37NS/c1-53(2)47-19-9-7-17-45(47)50-46(33-39-14-5-6-15-42(39)51(50)53)36-26-30-41(31-27-36)54(48-20-11-18-44-43-16-8-10-21-49(43)55-52(44)48)40-28-24-35(25-29-40)38-23-22-34-12-3-4-13-37(34)32-38/h3-33H,1-2H3. The molecule has 260 valence electrons. The molecule has 0 saturated heterocycles. The zero-order chi connectivity index (χ0) is 36.7. The van der Waals surface area contributed by atoms with Crippen molar-refractivity contribution < 1.29 is 0 Å². The fraction of sp³-hybridized carbons (Fsp3) is 0.0566. The molecule has 0 amide bonds. The van der Waals surface area contributed by atoms with E-state index in [4.69, 9.17) is 0 Å². The Labute approximate surface area is 325 Å². The number of anilines is 3. The van der Waals surface area contributed by atoms with Gasteiger partial charge < -0.3 is 4.90 Å². The molecule has 55 heavy (non-hydrogen) atoms. The van der Waals surface area contributed by atoms with Crippen LogP contribution in [0.5, 0.6) is 0 Å². The molecule has 0 bridgehead atoms. The third kappa shape index (κ3) is 4.99. The first-order valence-corrected chi connectivity index (χ1v) is 19.9. The highest BCUT2D eigenvalue weighted by molar-refractivity contribution is 7.26. The van der Waals surface area contributed by atoms with E-state index in [1.807, 2.05) is 11.3 Å². The van der Waals surface area contributed by atoms with Gasteiger partial charge in [0.05, 0.1) is 10.4 Å². The van der Waals surface area contributed by atoms with Crippen molar-refractivity contribution in [2.24, 2.45) is 0 Å². The van der Waals surface area contributed by atoms with E-state index < -0.39 is 0 Å². The van der Waals surface area contributed by atoms with Crippen molar-refractivity contribution in [2.75, 3.05) is 4.90 Å². The fourth-order valence-corrected chi connectivity index (χ4v) is 10.4. The quantitative estimate of drug-likeness (QED) is 0.171. The third-order valence-corrected chi connectivity index (χ3v) is 13.0. The Bertz CT molecular complexity index is 3110. The maximum absolute atomic E-state index is 2.44. The molecule has 1 aliphatic carbocycles. The highest BCUT2D eigenvalue weighted by atomic mass is 32.1. The summed E-state index contributed by atoms with van der Waals surface area (Å²) in [5.41, 5.74) is 13.8. The largest absolute Gasteiger partial charge is 0.309 e. The summed E-state index contributed by atoms with van der Waals surface area (Å²) in [6.45, 7) is 4.77. The molecule has 1 nitrogen and oxygen atoms in total. The summed E-state index contributed by atoms with van der Waals surface area (Å²) in [6.07, 6.45) is 0. The lowest BCUT2D eigenvalue weighted by Gasteiger charge is -2.27. The van der Waals surface area contributed by atoms with Gasteiger partial charge in [0.2, 0.25) is 0 Å². The molecule has 0 saturated carbocycles. The Hall–Kier alpha value is -6.48. The second-order valence-corrected chi connectivity index (χ2v) is 16.4. The number of rotatable bonds is 5. The highest BCUT2D eigenvalue weighted by Gasteiger charge is 2.38. The summed E-state index contributed by atoms with van der Waals surface area (Å²) >= 11 is 1.87. The molecular formula is C53H37NS. The minimum atomic E-state index is -0.0970. The molecule has 2 heteroatoms. The van der Waals surface area contributed by atoms with Crippen LogP contribution in [0.3, 0.4) is 0 Å². The zero-order valence-electron chi connectivity index (χ0n) is 30.8. The third-order valence-electron chi connectivity index (χ3n) is 11.8. The molecule has 0 N–H and O–H groups in total. The topological polar surface area (TPSA) is 3.24 Å². The molecule has 1 aromatic heterocycles. The Morgan fingerprint density at radius 1 is 0.436 bits per heavy atom. The van der Waals surface area contributed by atoms with Crippen LogP contribution in [0.4, 0.5) is 17.1 Å². The van der Waals surface area contributed by atoms with Crippen LogP contribution in [-0.4, -0.2) is 0 Å². The summed E-state index contributed by atoms with van der Waals surface area (Å²) < 4.78 is 2.60. The second-order valence-electron chi connectivity index (χ2n) is 15.3. The van der Waals surface area contributed by atoms with Gasteiger partial charge in [-0.1, -0.05) is 153 Å². The van der Waals surface area contributed by atoms with Gasteiger partial charge >= 0.3 is 0 Å². The van der Waals surface area contributed by atoms with Crippen LogP contribution in [-0.2, 0) is 5.41 Å². The van der Waals surface area contributed by atoms with Gasteiger partial charge in [-0.3, -0.25) is 0 Å². The van der Waals surface area contributed by atoms with Crippen LogP contribution in [0.15, 0.2) is 188 Å². The Morgan fingerprint density at radius 2 is 1.05 bits per heavy atom. The zero-order valence-corrected chi connectivity index (χ0v) is 31.6. The lowest BCUT2D eigenvalue weighted by atomic mass is 9.79. The summed E-state index contributed by atoms with van der Waals surface area (Å²) in [4.78, 5) is 2.44. The molecule has 11 rings (SSSR count). The van der Waals surface area contributed by atoms with E-state index >= 15 is 0 Å². The van der Waals surface area contributed by atoms with Gasteiger partial charge in [-0.15, -0.1) is 11.3 Å². The minimum absolute atomic E-state index is 0.0970. The molecule has 0 fully saturated rings. The molecule has 9 aromatic carbocycles. The van der Waals surface area contributed by atoms with E-state index in [2.05, 4.69) is 207 Å². The van der Waals surface area contributed by atoms with E-state index in [0.29, 0.717) is 0 Å². The first-order valence-electron chi connectivity index (χ1n) is 19.1.